The summed E-state index contributed by atoms with van der Waals surface area (Å²) in [5.74, 6) is 0.464. The van der Waals surface area contributed by atoms with E-state index >= 15 is 0 Å². The molecule has 4 heterocycles. The third kappa shape index (κ3) is 5.91. The number of aromatic nitrogens is 6. The van der Waals surface area contributed by atoms with Crippen LogP contribution in [0.2, 0.25) is 18.1 Å². The van der Waals surface area contributed by atoms with Crippen molar-refractivity contribution in [1.82, 2.24) is 35.1 Å². The molecule has 12 heteroatoms. The summed E-state index contributed by atoms with van der Waals surface area (Å²) in [7, 11) is -1.92. The fourth-order valence-electron chi connectivity index (χ4n) is 3.76. The first-order valence-electron chi connectivity index (χ1n) is 12.4. The Morgan fingerprint density at radius 1 is 1.27 bits per heavy atom. The summed E-state index contributed by atoms with van der Waals surface area (Å²) in [6, 6.07) is 6.91. The van der Waals surface area contributed by atoms with Gasteiger partial charge in [0.05, 0.1) is 12.6 Å². The molecule has 1 aliphatic heterocycles. The van der Waals surface area contributed by atoms with Crippen LogP contribution in [-0.4, -0.2) is 68.9 Å². The van der Waals surface area contributed by atoms with Crippen molar-refractivity contribution < 1.29 is 14.0 Å². The van der Waals surface area contributed by atoms with E-state index in [-0.39, 0.29) is 22.7 Å². The SMILES string of the molecule is C[C@H](CO[Si](C)(C)C(C)(C)C)n1nnnc1-c1cccc(NC(=O)c2cc3c(cn2)CCN(C=O)C3)n1. The topological polar surface area (TPSA) is 128 Å². The highest BCUT2D eigenvalue weighted by molar-refractivity contribution is 6.74. The van der Waals surface area contributed by atoms with Crippen LogP contribution < -0.4 is 5.32 Å². The van der Waals surface area contributed by atoms with Gasteiger partial charge in [0, 0.05) is 19.3 Å². The van der Waals surface area contributed by atoms with Crippen molar-refractivity contribution in [3.8, 4) is 11.5 Å². The number of tetrazole rings is 1. The average molecular weight is 523 g/mol. The fraction of sp³-hybridized carbons (Fsp3) is 0.480. The van der Waals surface area contributed by atoms with Crippen molar-refractivity contribution in [2.45, 2.75) is 64.8 Å². The van der Waals surface area contributed by atoms with E-state index in [1.807, 2.05) is 6.92 Å². The predicted octanol–water partition coefficient (Wildman–Crippen LogP) is 3.48. The Labute approximate surface area is 217 Å². The van der Waals surface area contributed by atoms with Gasteiger partial charge in [-0.3, -0.25) is 14.6 Å². The lowest BCUT2D eigenvalue weighted by Crippen LogP contribution is -2.42. The molecule has 3 aromatic heterocycles. The highest BCUT2D eigenvalue weighted by atomic mass is 28.4. The highest BCUT2D eigenvalue weighted by Gasteiger charge is 2.37. The number of anilines is 1. The molecule has 37 heavy (non-hydrogen) atoms. The van der Waals surface area contributed by atoms with E-state index in [4.69, 9.17) is 4.43 Å². The van der Waals surface area contributed by atoms with Crippen molar-refractivity contribution in [1.29, 1.82) is 0 Å². The van der Waals surface area contributed by atoms with Crippen LogP contribution in [-0.2, 0) is 22.2 Å². The molecule has 3 aromatic rings. The van der Waals surface area contributed by atoms with Crippen LogP contribution in [0.3, 0.4) is 0 Å². The van der Waals surface area contributed by atoms with Crippen molar-refractivity contribution in [3.63, 3.8) is 0 Å². The smallest absolute Gasteiger partial charge is 0.275 e. The Morgan fingerprint density at radius 2 is 2.05 bits per heavy atom. The number of pyridine rings is 2. The largest absolute Gasteiger partial charge is 0.415 e. The summed E-state index contributed by atoms with van der Waals surface area (Å²) in [6.45, 7) is 14.6. The molecule has 0 saturated heterocycles. The standard InChI is InChI=1S/C25H34N8O3Si/c1-17(15-36-37(5,6)25(2,3)4)33-23(29-30-31-33)20-8-7-9-22(27-20)28-24(35)21-12-19-14-32(16-34)11-10-18(19)13-26-21/h7-9,12-13,16-17H,10-11,14-15H2,1-6H3,(H,27,28,35)/t17-/m1/s1. The predicted molar refractivity (Wildman–Crippen MR) is 141 cm³/mol. The van der Waals surface area contributed by atoms with Crippen LogP contribution in [0, 0.1) is 0 Å². The van der Waals surface area contributed by atoms with Crippen molar-refractivity contribution in [3.05, 3.63) is 47.3 Å². The number of carbonyl (C=O) groups excluding carboxylic acids is 2. The molecule has 0 fully saturated rings. The van der Waals surface area contributed by atoms with Crippen LogP contribution in [0.1, 0.15) is 55.4 Å². The summed E-state index contributed by atoms with van der Waals surface area (Å²) in [5, 5.41) is 15.1. The second-order valence-electron chi connectivity index (χ2n) is 10.9. The zero-order chi connectivity index (χ0) is 26.8. The lowest BCUT2D eigenvalue weighted by molar-refractivity contribution is -0.118. The van der Waals surface area contributed by atoms with Crippen LogP contribution in [0.4, 0.5) is 5.82 Å². The van der Waals surface area contributed by atoms with E-state index in [0.29, 0.717) is 37.0 Å². The quantitative estimate of drug-likeness (QED) is 0.352. The average Bonchev–Trinajstić information content (AvgIpc) is 3.36. The van der Waals surface area contributed by atoms with Crippen LogP contribution in [0.5, 0.6) is 0 Å². The number of carbonyl (C=O) groups is 2. The summed E-state index contributed by atoms with van der Waals surface area (Å²) >= 11 is 0. The second kappa shape index (κ2) is 10.5. The van der Waals surface area contributed by atoms with Crippen molar-refractivity contribution in [2.24, 2.45) is 0 Å². The number of hydrogen-bond donors (Lipinski definition) is 1. The van der Waals surface area contributed by atoms with Crippen LogP contribution in [0.25, 0.3) is 11.5 Å². The van der Waals surface area contributed by atoms with Gasteiger partial charge in [-0.1, -0.05) is 26.8 Å². The minimum Gasteiger partial charge on any atom is -0.415 e. The number of hydrogen-bond acceptors (Lipinski definition) is 8. The maximum absolute atomic E-state index is 12.9. The molecule has 0 saturated carbocycles. The summed E-state index contributed by atoms with van der Waals surface area (Å²) in [6.07, 6.45) is 3.25. The van der Waals surface area contributed by atoms with Crippen LogP contribution >= 0.6 is 0 Å². The molecule has 4 rings (SSSR count). The molecule has 1 aliphatic rings. The number of nitrogens with zero attached hydrogens (tertiary/aromatic N) is 7. The zero-order valence-corrected chi connectivity index (χ0v) is 23.2. The van der Waals surface area contributed by atoms with Gasteiger partial charge in [0.2, 0.25) is 12.2 Å². The molecular weight excluding hydrogens is 488 g/mol. The molecule has 0 unspecified atom stereocenters. The van der Waals surface area contributed by atoms with E-state index < -0.39 is 8.32 Å². The third-order valence-electron chi connectivity index (χ3n) is 7.13. The van der Waals surface area contributed by atoms with E-state index in [2.05, 4.69) is 64.7 Å². The Kier molecular flexibility index (Phi) is 7.51. The van der Waals surface area contributed by atoms with Gasteiger partial charge in [-0.05, 0) is 71.2 Å². The van der Waals surface area contributed by atoms with Gasteiger partial charge in [-0.2, -0.15) is 0 Å². The van der Waals surface area contributed by atoms with Gasteiger partial charge in [0.25, 0.3) is 5.91 Å². The number of amides is 2. The molecule has 0 bridgehead atoms. The van der Waals surface area contributed by atoms with E-state index in [0.717, 1.165) is 24.0 Å². The minimum absolute atomic E-state index is 0.102. The second-order valence-corrected chi connectivity index (χ2v) is 15.7. The highest BCUT2D eigenvalue weighted by Crippen LogP contribution is 2.37. The Morgan fingerprint density at radius 3 is 2.78 bits per heavy atom. The molecular formula is C25H34N8O3Si. The molecule has 2 amide bonds. The van der Waals surface area contributed by atoms with Gasteiger partial charge >= 0.3 is 0 Å². The first-order valence-corrected chi connectivity index (χ1v) is 15.3. The fourth-order valence-corrected chi connectivity index (χ4v) is 4.85. The molecule has 196 valence electrons. The molecule has 1 N–H and O–H groups in total. The van der Waals surface area contributed by atoms with Crippen molar-refractivity contribution in [2.75, 3.05) is 18.5 Å². The Hall–Kier alpha value is -3.51. The number of nitrogens with one attached hydrogen (secondary N) is 1. The molecule has 0 radical (unpaired) electrons. The van der Waals surface area contributed by atoms with Crippen LogP contribution in [0.15, 0.2) is 30.5 Å². The van der Waals surface area contributed by atoms with E-state index in [1.54, 1.807) is 40.0 Å². The maximum Gasteiger partial charge on any atom is 0.275 e. The maximum atomic E-state index is 12.9. The van der Waals surface area contributed by atoms with E-state index in [1.165, 1.54) is 0 Å². The first kappa shape index (κ1) is 26.5. The molecule has 0 aliphatic carbocycles. The number of fused-ring (bicyclic) bond motifs is 1. The Bertz CT molecular complexity index is 1290. The van der Waals surface area contributed by atoms with Gasteiger partial charge in [0.15, 0.2) is 8.32 Å². The lowest BCUT2D eigenvalue weighted by atomic mass is 10.0. The summed E-state index contributed by atoms with van der Waals surface area (Å²) in [5.41, 5.74) is 2.77. The van der Waals surface area contributed by atoms with Gasteiger partial charge < -0.3 is 14.6 Å². The van der Waals surface area contributed by atoms with Gasteiger partial charge in [-0.25, -0.2) is 9.67 Å². The monoisotopic (exact) mass is 522 g/mol. The van der Waals surface area contributed by atoms with Gasteiger partial charge in [-0.15, -0.1) is 5.10 Å². The Balaban J connectivity index is 1.48. The zero-order valence-electron chi connectivity index (χ0n) is 22.2. The normalized spacial score (nSPS) is 14.7. The number of rotatable bonds is 8. The molecule has 1 atom stereocenters. The minimum atomic E-state index is -1.92. The van der Waals surface area contributed by atoms with Crippen molar-refractivity contribution >= 4 is 26.5 Å². The third-order valence-corrected chi connectivity index (χ3v) is 11.6. The molecule has 0 aromatic carbocycles. The molecule has 0 spiro atoms. The van der Waals surface area contributed by atoms with Gasteiger partial charge in [0.1, 0.15) is 17.2 Å². The summed E-state index contributed by atoms with van der Waals surface area (Å²) in [4.78, 5) is 34.6. The molecule has 11 nitrogen and oxygen atoms in total. The lowest BCUT2D eigenvalue weighted by Gasteiger charge is -2.36. The van der Waals surface area contributed by atoms with E-state index in [9.17, 15) is 9.59 Å². The summed E-state index contributed by atoms with van der Waals surface area (Å²) < 4.78 is 8.06. The first-order chi connectivity index (χ1) is 17.5.